The summed E-state index contributed by atoms with van der Waals surface area (Å²) >= 11 is 0. The number of nitrogens with one attached hydrogen (secondary N) is 1. The molecule has 1 aromatic rings. The highest BCUT2D eigenvalue weighted by Gasteiger charge is 2.26. The molecule has 1 unspecified atom stereocenters. The summed E-state index contributed by atoms with van der Waals surface area (Å²) in [6, 6.07) is 6.98. The first kappa shape index (κ1) is 14.2. The van der Waals surface area contributed by atoms with Crippen molar-refractivity contribution < 1.29 is 0 Å². The molecule has 2 nitrogen and oxygen atoms in total. The van der Waals surface area contributed by atoms with Gasteiger partial charge < -0.3 is 0 Å². The van der Waals surface area contributed by atoms with Crippen molar-refractivity contribution in [1.29, 1.82) is 0 Å². The van der Waals surface area contributed by atoms with Gasteiger partial charge in [-0.3, -0.25) is 11.3 Å². The van der Waals surface area contributed by atoms with Gasteiger partial charge in [-0.2, -0.15) is 0 Å². The van der Waals surface area contributed by atoms with E-state index in [2.05, 4.69) is 58.2 Å². The number of hydrazine groups is 1. The van der Waals surface area contributed by atoms with Crippen LogP contribution < -0.4 is 11.3 Å². The molecular formula is C15H26N2. The summed E-state index contributed by atoms with van der Waals surface area (Å²) in [5.74, 6) is 5.70. The maximum atomic E-state index is 5.70. The van der Waals surface area contributed by atoms with Crippen molar-refractivity contribution in [2.75, 3.05) is 0 Å². The number of hydrogen-bond donors (Lipinski definition) is 2. The molecule has 0 amide bonds. The van der Waals surface area contributed by atoms with Crippen LogP contribution in [0.3, 0.4) is 0 Å². The second-order valence-corrected chi connectivity index (χ2v) is 5.68. The van der Waals surface area contributed by atoms with E-state index in [-0.39, 0.29) is 5.41 Å². The summed E-state index contributed by atoms with van der Waals surface area (Å²) in [6.45, 7) is 11.0. The lowest BCUT2D eigenvalue weighted by Crippen LogP contribution is -2.46. The molecule has 0 saturated carbocycles. The van der Waals surface area contributed by atoms with E-state index in [0.717, 1.165) is 12.8 Å². The lowest BCUT2D eigenvalue weighted by Gasteiger charge is -2.33. The van der Waals surface area contributed by atoms with Gasteiger partial charge in [-0.15, -0.1) is 0 Å². The van der Waals surface area contributed by atoms with Gasteiger partial charge >= 0.3 is 0 Å². The average Bonchev–Trinajstić information content (AvgIpc) is 2.30. The lowest BCUT2D eigenvalue weighted by molar-refractivity contribution is 0.231. The monoisotopic (exact) mass is 234 g/mol. The Bertz CT molecular complexity index is 369. The number of benzene rings is 1. The zero-order chi connectivity index (χ0) is 13.1. The zero-order valence-corrected chi connectivity index (χ0v) is 11.8. The zero-order valence-electron chi connectivity index (χ0n) is 11.8. The molecule has 2 heteroatoms. The fraction of sp³-hybridized carbons (Fsp3) is 0.600. The van der Waals surface area contributed by atoms with E-state index in [0.29, 0.717) is 6.04 Å². The Kier molecular flexibility index (Phi) is 4.72. The van der Waals surface area contributed by atoms with Gasteiger partial charge in [-0.25, -0.2) is 0 Å². The fourth-order valence-electron chi connectivity index (χ4n) is 1.97. The van der Waals surface area contributed by atoms with Crippen molar-refractivity contribution in [3.8, 4) is 0 Å². The van der Waals surface area contributed by atoms with Crippen LogP contribution in [0.25, 0.3) is 0 Å². The molecule has 0 radical (unpaired) electrons. The fourth-order valence-corrected chi connectivity index (χ4v) is 1.97. The molecule has 1 aromatic carbocycles. The Labute approximate surface area is 106 Å². The van der Waals surface area contributed by atoms with E-state index < -0.39 is 0 Å². The third-order valence-electron chi connectivity index (χ3n) is 4.07. The largest absolute Gasteiger partial charge is 0.271 e. The second kappa shape index (κ2) is 5.65. The summed E-state index contributed by atoms with van der Waals surface area (Å²) in [4.78, 5) is 0. The van der Waals surface area contributed by atoms with Crippen molar-refractivity contribution >= 4 is 0 Å². The van der Waals surface area contributed by atoms with E-state index in [9.17, 15) is 0 Å². The van der Waals surface area contributed by atoms with E-state index in [1.165, 1.54) is 16.7 Å². The molecule has 0 bridgehead atoms. The third kappa shape index (κ3) is 3.55. The van der Waals surface area contributed by atoms with Crippen LogP contribution in [0, 0.1) is 19.3 Å². The van der Waals surface area contributed by atoms with Crippen molar-refractivity contribution in [1.82, 2.24) is 5.43 Å². The first-order chi connectivity index (χ1) is 7.90. The van der Waals surface area contributed by atoms with Crippen molar-refractivity contribution in [2.45, 2.75) is 53.5 Å². The summed E-state index contributed by atoms with van der Waals surface area (Å²) < 4.78 is 0. The maximum Gasteiger partial charge on any atom is 0.0301 e. The van der Waals surface area contributed by atoms with E-state index >= 15 is 0 Å². The molecule has 0 saturated heterocycles. The molecule has 3 N–H and O–H groups in total. The minimum Gasteiger partial charge on any atom is -0.271 e. The highest BCUT2D eigenvalue weighted by atomic mass is 15.2. The molecular weight excluding hydrogens is 208 g/mol. The topological polar surface area (TPSA) is 38.0 Å². The van der Waals surface area contributed by atoms with Gasteiger partial charge in [0.2, 0.25) is 0 Å². The first-order valence-electron chi connectivity index (χ1n) is 6.43. The smallest absolute Gasteiger partial charge is 0.0301 e. The minimum atomic E-state index is 0.216. The van der Waals surface area contributed by atoms with Crippen LogP contribution in [0.2, 0.25) is 0 Å². The van der Waals surface area contributed by atoms with Crippen molar-refractivity contribution in [3.05, 3.63) is 34.9 Å². The molecule has 0 spiro atoms. The van der Waals surface area contributed by atoms with Crippen LogP contribution in [0.5, 0.6) is 0 Å². The molecule has 0 aliphatic carbocycles. The van der Waals surface area contributed by atoms with Gasteiger partial charge in [0.25, 0.3) is 0 Å². The predicted molar refractivity (Wildman–Crippen MR) is 74.8 cm³/mol. The maximum absolute atomic E-state index is 5.70. The van der Waals surface area contributed by atoms with E-state index in [4.69, 9.17) is 5.84 Å². The van der Waals surface area contributed by atoms with E-state index in [1.54, 1.807) is 0 Å². The minimum absolute atomic E-state index is 0.216. The molecule has 0 fully saturated rings. The van der Waals surface area contributed by atoms with Crippen LogP contribution in [-0.4, -0.2) is 6.04 Å². The van der Waals surface area contributed by atoms with Gasteiger partial charge in [0.05, 0.1) is 0 Å². The lowest BCUT2D eigenvalue weighted by atomic mass is 9.79. The molecule has 96 valence electrons. The van der Waals surface area contributed by atoms with Crippen LogP contribution in [0.1, 0.15) is 43.9 Å². The first-order valence-corrected chi connectivity index (χ1v) is 6.43. The summed E-state index contributed by atoms with van der Waals surface area (Å²) in [6.07, 6.45) is 2.10. The van der Waals surface area contributed by atoms with Gasteiger partial charge in [0, 0.05) is 6.04 Å². The van der Waals surface area contributed by atoms with E-state index in [1.807, 2.05) is 0 Å². The molecule has 0 aromatic heterocycles. The molecule has 0 heterocycles. The summed E-state index contributed by atoms with van der Waals surface area (Å²) in [5, 5.41) is 0. The molecule has 17 heavy (non-hydrogen) atoms. The number of aryl methyl sites for hydroxylation is 2. The highest BCUT2D eigenvalue weighted by Crippen LogP contribution is 2.27. The second-order valence-electron chi connectivity index (χ2n) is 5.68. The Morgan fingerprint density at radius 2 is 1.88 bits per heavy atom. The number of hydrogen-bond acceptors (Lipinski definition) is 2. The van der Waals surface area contributed by atoms with Crippen LogP contribution >= 0.6 is 0 Å². The normalized spacial score (nSPS) is 13.8. The van der Waals surface area contributed by atoms with Crippen LogP contribution in [-0.2, 0) is 6.42 Å². The summed E-state index contributed by atoms with van der Waals surface area (Å²) in [5.41, 5.74) is 7.25. The quantitative estimate of drug-likeness (QED) is 0.607. The number of nitrogens with two attached hydrogens (primary N) is 1. The average molecular weight is 234 g/mol. The van der Waals surface area contributed by atoms with Crippen LogP contribution in [0.15, 0.2) is 18.2 Å². The Balaban J connectivity index is 2.84. The van der Waals surface area contributed by atoms with Gasteiger partial charge in [0.15, 0.2) is 0 Å². The third-order valence-corrected chi connectivity index (χ3v) is 4.07. The Hall–Kier alpha value is -0.860. The molecule has 1 atom stereocenters. The van der Waals surface area contributed by atoms with Gasteiger partial charge in [-0.05, 0) is 48.8 Å². The summed E-state index contributed by atoms with van der Waals surface area (Å²) in [7, 11) is 0. The highest BCUT2D eigenvalue weighted by molar-refractivity contribution is 5.30. The predicted octanol–water partition coefficient (Wildman–Crippen LogP) is 3.11. The Morgan fingerprint density at radius 1 is 1.24 bits per heavy atom. The molecule has 0 aliphatic rings. The van der Waals surface area contributed by atoms with Gasteiger partial charge in [0.1, 0.15) is 0 Å². The van der Waals surface area contributed by atoms with Gasteiger partial charge in [-0.1, -0.05) is 39.0 Å². The van der Waals surface area contributed by atoms with Crippen molar-refractivity contribution in [2.24, 2.45) is 11.3 Å². The standard InChI is InChI=1S/C15H26N2/c1-6-15(4,5)14(17-16)10-13-8-7-11(2)12(3)9-13/h7-9,14,17H,6,10,16H2,1-5H3. The van der Waals surface area contributed by atoms with Crippen molar-refractivity contribution in [3.63, 3.8) is 0 Å². The molecule has 0 aliphatic heterocycles. The molecule has 1 rings (SSSR count). The number of rotatable bonds is 5. The Morgan fingerprint density at radius 3 is 2.35 bits per heavy atom. The SMILES string of the molecule is CCC(C)(C)C(Cc1ccc(C)c(C)c1)NN. The van der Waals surface area contributed by atoms with Crippen LogP contribution in [0.4, 0.5) is 0 Å².